The summed E-state index contributed by atoms with van der Waals surface area (Å²) in [5.74, 6) is -0.305. The van der Waals surface area contributed by atoms with Crippen LogP contribution in [0.5, 0.6) is 0 Å². The third-order valence-corrected chi connectivity index (χ3v) is 3.63. The monoisotopic (exact) mass is 358 g/mol. The first kappa shape index (κ1) is 27.8. The van der Waals surface area contributed by atoms with Gasteiger partial charge in [-0.25, -0.2) is 0 Å². The number of hydrogen-bond donors (Lipinski definition) is 1. The molecule has 0 aromatic rings. The van der Waals surface area contributed by atoms with Crippen LogP contribution in [-0.4, -0.2) is 28.9 Å². The van der Waals surface area contributed by atoms with E-state index in [4.69, 9.17) is 5.73 Å². The third kappa shape index (κ3) is 10.00. The van der Waals surface area contributed by atoms with E-state index in [2.05, 4.69) is 22.9 Å². The van der Waals surface area contributed by atoms with Crippen LogP contribution in [0.4, 0.5) is 0 Å². The highest BCUT2D eigenvalue weighted by atomic mass is 31.0. The minimum absolute atomic E-state index is 0.0315. The van der Waals surface area contributed by atoms with Crippen LogP contribution in [0.2, 0.25) is 0 Å². The van der Waals surface area contributed by atoms with Crippen LogP contribution in [0, 0.1) is 5.92 Å². The predicted molar refractivity (Wildman–Crippen MR) is 110 cm³/mol. The summed E-state index contributed by atoms with van der Waals surface area (Å²) in [6.45, 7) is 18.3. The number of carbonyl (C=O) groups excluding carboxylic acids is 2. The van der Waals surface area contributed by atoms with Gasteiger partial charge in [-0.2, -0.15) is 0 Å². The summed E-state index contributed by atoms with van der Waals surface area (Å²) in [4.78, 5) is 23.3. The van der Waals surface area contributed by atoms with Gasteiger partial charge in [0.05, 0.1) is 5.92 Å². The molecule has 1 fully saturated rings. The molecule has 0 aliphatic carbocycles. The Balaban J connectivity index is -0.000000471. The molecule has 1 rings (SSSR count). The van der Waals surface area contributed by atoms with Crippen LogP contribution in [-0.2, 0) is 9.59 Å². The largest absolute Gasteiger partial charge is 0.330 e. The summed E-state index contributed by atoms with van der Waals surface area (Å²) < 4.78 is 1.43. The maximum atomic E-state index is 11.9. The van der Waals surface area contributed by atoms with Crippen molar-refractivity contribution in [3.05, 3.63) is 24.3 Å². The summed E-state index contributed by atoms with van der Waals surface area (Å²) in [5, 5.41) is 0. The second-order valence-corrected chi connectivity index (χ2v) is 5.35. The zero-order chi connectivity index (χ0) is 19.7. The molecule has 142 valence electrons. The highest BCUT2D eigenvalue weighted by Gasteiger charge is 2.42. The molecule has 0 aromatic carbocycles. The lowest BCUT2D eigenvalue weighted by Crippen LogP contribution is -2.29. The van der Waals surface area contributed by atoms with Crippen molar-refractivity contribution >= 4 is 21.1 Å². The van der Waals surface area contributed by atoms with Crippen molar-refractivity contribution in [2.24, 2.45) is 11.7 Å². The highest BCUT2D eigenvalue weighted by molar-refractivity contribution is 7.15. The molecule has 1 heterocycles. The zero-order valence-electron chi connectivity index (χ0n) is 16.8. The fourth-order valence-electron chi connectivity index (χ4n) is 1.94. The summed E-state index contributed by atoms with van der Waals surface area (Å²) in [6.07, 6.45) is 6.69. The number of Topliss-reactive ketones (excluding diaryl/α,β-unsaturated/α-hetero) is 1. The van der Waals surface area contributed by atoms with Gasteiger partial charge in [0.1, 0.15) is 6.04 Å². The maximum absolute atomic E-state index is 11.9. The molecule has 0 bridgehead atoms. The van der Waals surface area contributed by atoms with Gasteiger partial charge < -0.3 is 10.4 Å². The average Bonchev–Trinajstić information content (AvgIpc) is 2.82. The van der Waals surface area contributed by atoms with Gasteiger partial charge >= 0.3 is 0 Å². The van der Waals surface area contributed by atoms with Gasteiger partial charge in [-0.1, -0.05) is 60.3 Å². The minimum atomic E-state index is -0.461. The first-order chi connectivity index (χ1) is 11.4. The molecule has 1 aliphatic rings. The molecule has 0 saturated carbocycles. The summed E-state index contributed by atoms with van der Waals surface area (Å²) >= 11 is 0. The minimum Gasteiger partial charge on any atom is -0.330 e. The van der Waals surface area contributed by atoms with E-state index in [1.165, 1.54) is 11.6 Å². The van der Waals surface area contributed by atoms with Crippen molar-refractivity contribution in [2.75, 3.05) is 6.54 Å². The first-order valence-electron chi connectivity index (χ1n) is 9.04. The third-order valence-electron chi connectivity index (χ3n) is 3.08. The molecule has 1 amide bonds. The zero-order valence-corrected chi connectivity index (χ0v) is 17.9. The Morgan fingerprint density at radius 3 is 2.00 bits per heavy atom. The Kier molecular flexibility index (Phi) is 21.3. The molecule has 24 heavy (non-hydrogen) atoms. The molecule has 2 N–H and O–H groups in total. The number of nitrogens with zero attached hydrogens (tertiary/aromatic N) is 1. The number of allylic oxidation sites excluding steroid dienone is 2. The molecule has 3 atom stereocenters. The van der Waals surface area contributed by atoms with Crippen molar-refractivity contribution in [3.8, 4) is 0 Å². The lowest BCUT2D eigenvalue weighted by atomic mass is 9.94. The lowest BCUT2D eigenvalue weighted by Gasteiger charge is -2.16. The second-order valence-electron chi connectivity index (χ2n) is 4.79. The number of nitrogens with two attached hydrogens (primary N) is 1. The van der Waals surface area contributed by atoms with Gasteiger partial charge in [0.2, 0.25) is 5.91 Å². The van der Waals surface area contributed by atoms with Gasteiger partial charge in [-0.05, 0) is 47.7 Å². The van der Waals surface area contributed by atoms with Crippen LogP contribution < -0.4 is 5.73 Å². The van der Waals surface area contributed by atoms with Crippen molar-refractivity contribution in [2.45, 2.75) is 73.8 Å². The summed E-state index contributed by atoms with van der Waals surface area (Å²) in [7, 11) is 2.32. The van der Waals surface area contributed by atoms with E-state index in [9.17, 15) is 9.59 Å². The van der Waals surface area contributed by atoms with Crippen molar-refractivity contribution in [1.29, 1.82) is 0 Å². The normalized spacial score (nSPS) is 19.0. The van der Waals surface area contributed by atoms with E-state index >= 15 is 0 Å². The Morgan fingerprint density at radius 1 is 1.25 bits per heavy atom. The van der Waals surface area contributed by atoms with Crippen LogP contribution in [0.1, 0.15) is 67.7 Å². The lowest BCUT2D eigenvalue weighted by molar-refractivity contribution is -0.130. The smallest absolute Gasteiger partial charge is 0.233 e. The summed E-state index contributed by atoms with van der Waals surface area (Å²) in [6, 6.07) is -0.461. The molecule has 0 aromatic heterocycles. The molecule has 3 unspecified atom stereocenters. The Bertz CT molecular complexity index is 380. The van der Waals surface area contributed by atoms with Crippen molar-refractivity contribution in [3.63, 3.8) is 0 Å². The molecule has 0 radical (unpaired) electrons. The SMILES string of the molecule is C=C1C(C/C=C/CC)C(=O)N(P)C1C(C)=O.CC.CC.CCCN. The van der Waals surface area contributed by atoms with Gasteiger partial charge in [0, 0.05) is 0 Å². The number of hydrogen-bond acceptors (Lipinski definition) is 3. The van der Waals surface area contributed by atoms with E-state index < -0.39 is 6.04 Å². The number of carbonyl (C=O) groups is 2. The molecule has 1 aliphatic heterocycles. The van der Waals surface area contributed by atoms with Crippen LogP contribution >= 0.6 is 9.39 Å². The fourth-order valence-corrected chi connectivity index (χ4v) is 2.52. The quantitative estimate of drug-likeness (QED) is 0.581. The molecular weight excluding hydrogens is 319 g/mol. The molecular formula is C19H39N2O2P. The van der Waals surface area contributed by atoms with Crippen molar-refractivity contribution in [1.82, 2.24) is 4.67 Å². The van der Waals surface area contributed by atoms with Gasteiger partial charge in [-0.3, -0.25) is 9.59 Å². The Labute approximate surface area is 152 Å². The standard InChI is InChI=1S/C12H18NO2P.C3H9N.2C2H6/c1-4-5-6-7-10-8(2)11(9(3)14)13(16)12(10)15;1-2-3-4;2*1-2/h5-6,10-11H,2,4,7,16H2,1,3H3;2-4H2,1H3;2*1-2H3/b6-5+;;;. The predicted octanol–water partition coefficient (Wildman–Crippen LogP) is 4.51. The number of rotatable bonds is 5. The van der Waals surface area contributed by atoms with E-state index in [1.54, 1.807) is 0 Å². The molecule has 1 saturated heterocycles. The van der Waals surface area contributed by atoms with E-state index in [-0.39, 0.29) is 17.6 Å². The summed E-state index contributed by atoms with van der Waals surface area (Å²) in [5.41, 5.74) is 5.74. The van der Waals surface area contributed by atoms with E-state index in [0.29, 0.717) is 12.0 Å². The van der Waals surface area contributed by atoms with Crippen LogP contribution in [0.3, 0.4) is 0 Å². The van der Waals surface area contributed by atoms with Gasteiger partial charge in [-0.15, -0.1) is 0 Å². The van der Waals surface area contributed by atoms with Crippen LogP contribution in [0.15, 0.2) is 24.3 Å². The number of ketones is 1. The topological polar surface area (TPSA) is 63.4 Å². The van der Waals surface area contributed by atoms with Gasteiger partial charge in [0.25, 0.3) is 0 Å². The van der Waals surface area contributed by atoms with E-state index in [1.807, 2.05) is 46.8 Å². The van der Waals surface area contributed by atoms with Gasteiger partial charge in [0.15, 0.2) is 5.78 Å². The van der Waals surface area contributed by atoms with Crippen LogP contribution in [0.25, 0.3) is 0 Å². The highest BCUT2D eigenvalue weighted by Crippen LogP contribution is 2.34. The molecule has 0 spiro atoms. The molecule has 4 nitrogen and oxygen atoms in total. The Morgan fingerprint density at radius 2 is 1.71 bits per heavy atom. The molecule has 5 heteroatoms. The first-order valence-corrected chi connectivity index (χ1v) is 9.55. The van der Waals surface area contributed by atoms with Crippen molar-refractivity contribution < 1.29 is 9.59 Å². The van der Waals surface area contributed by atoms with E-state index in [0.717, 1.165) is 19.4 Å². The number of amides is 1. The fraction of sp³-hybridized carbons (Fsp3) is 0.684. The Hall–Kier alpha value is -0.990. The average molecular weight is 359 g/mol. The maximum Gasteiger partial charge on any atom is 0.233 e. The second kappa shape index (κ2) is 18.4.